The van der Waals surface area contributed by atoms with Gasteiger partial charge in [0.2, 0.25) is 0 Å². The van der Waals surface area contributed by atoms with Crippen molar-refractivity contribution >= 4 is 31.7 Å². The summed E-state index contributed by atoms with van der Waals surface area (Å²) in [6, 6.07) is 3.42. The van der Waals surface area contributed by atoms with E-state index >= 15 is 0 Å². The van der Waals surface area contributed by atoms with Gasteiger partial charge < -0.3 is 4.74 Å². The molecule has 4 nitrogen and oxygen atoms in total. The first-order valence-electron chi connectivity index (χ1n) is 7.36. The van der Waals surface area contributed by atoms with Crippen LogP contribution in [0.1, 0.15) is 54.4 Å². The largest absolute Gasteiger partial charge is 0.465 e. The van der Waals surface area contributed by atoms with Crippen LogP contribution in [0.2, 0.25) is 0 Å². The first-order chi connectivity index (χ1) is 10.3. The Morgan fingerprint density at radius 1 is 1.23 bits per heavy atom. The summed E-state index contributed by atoms with van der Waals surface area (Å²) >= 11 is 3.31. The van der Waals surface area contributed by atoms with Gasteiger partial charge in [-0.25, -0.2) is 13.2 Å². The molecule has 0 aromatic heterocycles. The molecule has 1 fully saturated rings. The van der Waals surface area contributed by atoms with Crippen molar-refractivity contribution < 1.29 is 17.9 Å². The minimum Gasteiger partial charge on any atom is -0.465 e. The van der Waals surface area contributed by atoms with Crippen molar-refractivity contribution in [3.05, 3.63) is 27.7 Å². The second-order valence-electron chi connectivity index (χ2n) is 6.07. The molecule has 1 aromatic carbocycles. The van der Waals surface area contributed by atoms with Crippen molar-refractivity contribution in [2.24, 2.45) is 5.92 Å². The number of sulfone groups is 1. The zero-order valence-electron chi connectivity index (χ0n) is 13.1. The zero-order valence-corrected chi connectivity index (χ0v) is 15.5. The van der Waals surface area contributed by atoms with E-state index in [2.05, 4.69) is 22.9 Å². The van der Waals surface area contributed by atoms with Crippen LogP contribution in [0.3, 0.4) is 0 Å². The molecule has 22 heavy (non-hydrogen) atoms. The van der Waals surface area contributed by atoms with Crippen LogP contribution in [-0.2, 0) is 14.6 Å². The molecule has 2 rings (SSSR count). The van der Waals surface area contributed by atoms with Crippen LogP contribution in [0.4, 0.5) is 0 Å². The maximum Gasteiger partial charge on any atom is 0.339 e. The number of ether oxygens (including phenoxy) is 1. The summed E-state index contributed by atoms with van der Waals surface area (Å²) in [6.45, 7) is 2.23. The van der Waals surface area contributed by atoms with E-state index in [1.807, 2.05) is 0 Å². The number of hydrogen-bond acceptors (Lipinski definition) is 4. The van der Waals surface area contributed by atoms with Crippen LogP contribution >= 0.6 is 15.9 Å². The molecule has 0 unspecified atom stereocenters. The normalized spacial score (nSPS) is 22.4. The Labute approximate surface area is 140 Å². The lowest BCUT2D eigenvalue weighted by Crippen LogP contribution is -2.16. The SMILES string of the molecule is COC(=O)c1ccc(C2CCC(C)CC2)c(S(C)(=O)=O)c1Br. The Morgan fingerprint density at radius 3 is 2.32 bits per heavy atom. The maximum atomic E-state index is 12.3. The Hall–Kier alpha value is -0.880. The molecule has 0 spiro atoms. The van der Waals surface area contributed by atoms with Gasteiger partial charge in [-0.1, -0.05) is 25.8 Å². The highest BCUT2D eigenvalue weighted by molar-refractivity contribution is 9.10. The number of esters is 1. The van der Waals surface area contributed by atoms with Gasteiger partial charge in [0, 0.05) is 6.26 Å². The quantitative estimate of drug-likeness (QED) is 0.735. The number of benzene rings is 1. The van der Waals surface area contributed by atoms with E-state index in [4.69, 9.17) is 4.74 Å². The van der Waals surface area contributed by atoms with Gasteiger partial charge in [-0.05, 0) is 52.2 Å². The Balaban J connectivity index is 2.55. The summed E-state index contributed by atoms with van der Waals surface area (Å²) in [7, 11) is -2.16. The lowest BCUT2D eigenvalue weighted by atomic mass is 9.79. The Bertz CT molecular complexity index is 674. The molecular formula is C16H21BrO4S. The average Bonchev–Trinajstić information content (AvgIpc) is 2.45. The lowest BCUT2D eigenvalue weighted by molar-refractivity contribution is 0.0599. The van der Waals surface area contributed by atoms with Crippen molar-refractivity contribution in [3.8, 4) is 0 Å². The van der Waals surface area contributed by atoms with Crippen LogP contribution in [0.25, 0.3) is 0 Å². The summed E-state index contributed by atoms with van der Waals surface area (Å²) < 4.78 is 29.6. The molecule has 0 aliphatic heterocycles. The van der Waals surface area contributed by atoms with Gasteiger partial charge in [-0.3, -0.25) is 0 Å². The molecule has 0 saturated heterocycles. The first-order valence-corrected chi connectivity index (χ1v) is 10.0. The van der Waals surface area contributed by atoms with Gasteiger partial charge in [-0.15, -0.1) is 0 Å². The van der Waals surface area contributed by atoms with E-state index in [1.54, 1.807) is 12.1 Å². The number of rotatable bonds is 3. The van der Waals surface area contributed by atoms with Crippen molar-refractivity contribution in [2.75, 3.05) is 13.4 Å². The molecule has 0 N–H and O–H groups in total. The van der Waals surface area contributed by atoms with Crippen molar-refractivity contribution in [1.29, 1.82) is 0 Å². The van der Waals surface area contributed by atoms with E-state index in [-0.39, 0.29) is 16.4 Å². The molecule has 122 valence electrons. The smallest absolute Gasteiger partial charge is 0.339 e. The van der Waals surface area contributed by atoms with Crippen LogP contribution in [0, 0.1) is 5.92 Å². The van der Waals surface area contributed by atoms with Gasteiger partial charge in [-0.2, -0.15) is 0 Å². The van der Waals surface area contributed by atoms with Crippen molar-refractivity contribution in [3.63, 3.8) is 0 Å². The summed E-state index contributed by atoms with van der Waals surface area (Å²) in [6.07, 6.45) is 5.35. The second kappa shape index (κ2) is 6.71. The highest BCUT2D eigenvalue weighted by Crippen LogP contribution is 2.41. The van der Waals surface area contributed by atoms with Gasteiger partial charge in [0.15, 0.2) is 9.84 Å². The Kier molecular flexibility index (Phi) is 5.33. The number of hydrogen-bond donors (Lipinski definition) is 0. The molecular weight excluding hydrogens is 368 g/mol. The molecule has 6 heteroatoms. The third-order valence-corrected chi connectivity index (χ3v) is 6.63. The summed E-state index contributed by atoms with van der Waals surface area (Å²) in [5, 5.41) is 0. The monoisotopic (exact) mass is 388 g/mol. The van der Waals surface area contributed by atoms with Gasteiger partial charge in [0.25, 0.3) is 0 Å². The number of halogens is 1. The molecule has 1 aliphatic rings. The van der Waals surface area contributed by atoms with E-state index in [1.165, 1.54) is 13.4 Å². The molecule has 0 amide bonds. The third-order valence-electron chi connectivity index (χ3n) is 4.36. The minimum absolute atomic E-state index is 0.226. The van der Waals surface area contributed by atoms with E-state index in [9.17, 15) is 13.2 Å². The molecule has 1 aromatic rings. The van der Waals surface area contributed by atoms with Crippen LogP contribution in [-0.4, -0.2) is 27.8 Å². The van der Waals surface area contributed by atoms with Crippen molar-refractivity contribution in [2.45, 2.75) is 43.4 Å². The molecule has 1 aliphatic carbocycles. The first kappa shape index (κ1) is 17.5. The van der Waals surface area contributed by atoms with Gasteiger partial charge >= 0.3 is 5.97 Å². The fraction of sp³-hybridized carbons (Fsp3) is 0.562. The van der Waals surface area contributed by atoms with Crippen molar-refractivity contribution in [1.82, 2.24) is 0 Å². The minimum atomic E-state index is -3.45. The topological polar surface area (TPSA) is 60.4 Å². The third kappa shape index (κ3) is 3.54. The summed E-state index contributed by atoms with van der Waals surface area (Å²) in [5.74, 6) is 0.375. The zero-order chi connectivity index (χ0) is 16.5. The fourth-order valence-electron chi connectivity index (χ4n) is 3.11. The van der Waals surface area contributed by atoms with Crippen LogP contribution in [0.15, 0.2) is 21.5 Å². The van der Waals surface area contributed by atoms with Crippen LogP contribution in [0.5, 0.6) is 0 Å². The second-order valence-corrected chi connectivity index (χ2v) is 8.81. The molecule has 1 saturated carbocycles. The highest BCUT2D eigenvalue weighted by Gasteiger charge is 2.29. The Morgan fingerprint density at radius 2 is 1.82 bits per heavy atom. The summed E-state index contributed by atoms with van der Waals surface area (Å²) in [5.41, 5.74) is 1.06. The molecule has 0 bridgehead atoms. The molecule has 0 radical (unpaired) electrons. The number of methoxy groups -OCH3 is 1. The van der Waals surface area contributed by atoms with Crippen LogP contribution < -0.4 is 0 Å². The van der Waals surface area contributed by atoms with Gasteiger partial charge in [0.1, 0.15) is 0 Å². The van der Waals surface area contributed by atoms with E-state index in [0.717, 1.165) is 31.2 Å². The number of carbonyl (C=O) groups is 1. The van der Waals surface area contributed by atoms with Gasteiger partial charge in [0.05, 0.1) is 22.0 Å². The molecule has 0 atom stereocenters. The predicted molar refractivity (Wildman–Crippen MR) is 89.0 cm³/mol. The van der Waals surface area contributed by atoms with E-state index < -0.39 is 15.8 Å². The highest BCUT2D eigenvalue weighted by atomic mass is 79.9. The van der Waals surface area contributed by atoms with E-state index in [0.29, 0.717) is 10.4 Å². The maximum absolute atomic E-state index is 12.3. The molecule has 0 heterocycles. The number of carbonyl (C=O) groups excluding carboxylic acids is 1. The predicted octanol–water partition coefficient (Wildman–Crippen LogP) is 3.93. The summed E-state index contributed by atoms with van der Waals surface area (Å²) in [4.78, 5) is 12.0. The average molecular weight is 389 g/mol. The standard InChI is InChI=1S/C16H21BrO4S/c1-10-4-6-11(7-5-10)12-8-9-13(16(18)21-2)14(17)15(12)22(3,19)20/h8-11H,4-7H2,1-3H3. The fourth-order valence-corrected chi connectivity index (χ4v) is 5.61. The lowest BCUT2D eigenvalue weighted by Gasteiger charge is -2.28.